The van der Waals surface area contributed by atoms with Gasteiger partial charge in [-0.25, -0.2) is 4.98 Å². The molecule has 23 heavy (non-hydrogen) atoms. The van der Waals surface area contributed by atoms with Crippen molar-refractivity contribution in [2.24, 2.45) is 0 Å². The van der Waals surface area contributed by atoms with Crippen LogP contribution in [0.1, 0.15) is 5.82 Å². The molecule has 3 rings (SSSR count). The Kier molecular flexibility index (Phi) is 4.21. The normalized spacial score (nSPS) is 10.7. The van der Waals surface area contributed by atoms with Crippen molar-refractivity contribution in [3.05, 3.63) is 53.3 Å². The van der Waals surface area contributed by atoms with Crippen molar-refractivity contribution in [1.82, 2.24) is 9.55 Å². The van der Waals surface area contributed by atoms with Crippen LogP contribution in [-0.4, -0.2) is 22.6 Å². The van der Waals surface area contributed by atoms with E-state index in [4.69, 9.17) is 16.3 Å². The number of imidazole rings is 1. The molecule has 118 valence electrons. The van der Waals surface area contributed by atoms with E-state index >= 15 is 0 Å². The molecular weight excluding hydrogens is 314 g/mol. The molecule has 3 aromatic rings. The van der Waals surface area contributed by atoms with E-state index < -0.39 is 0 Å². The number of methoxy groups -OCH3 is 1. The number of rotatable bonds is 4. The minimum Gasteiger partial charge on any atom is -0.495 e. The van der Waals surface area contributed by atoms with Crippen molar-refractivity contribution in [3.63, 3.8) is 0 Å². The van der Waals surface area contributed by atoms with Crippen molar-refractivity contribution in [1.29, 1.82) is 0 Å². The van der Waals surface area contributed by atoms with Gasteiger partial charge in [0.1, 0.15) is 18.1 Å². The van der Waals surface area contributed by atoms with Gasteiger partial charge in [-0.1, -0.05) is 23.7 Å². The summed E-state index contributed by atoms with van der Waals surface area (Å²) in [5.41, 5.74) is 2.45. The summed E-state index contributed by atoms with van der Waals surface area (Å²) in [6, 6.07) is 12.9. The van der Waals surface area contributed by atoms with Gasteiger partial charge in [0.25, 0.3) is 0 Å². The van der Waals surface area contributed by atoms with Crippen molar-refractivity contribution >= 4 is 34.2 Å². The summed E-state index contributed by atoms with van der Waals surface area (Å²) >= 11 is 6.07. The van der Waals surface area contributed by atoms with Gasteiger partial charge in [-0.3, -0.25) is 4.79 Å². The highest BCUT2D eigenvalue weighted by atomic mass is 35.5. The number of anilines is 1. The lowest BCUT2D eigenvalue weighted by molar-refractivity contribution is -0.116. The maximum Gasteiger partial charge on any atom is 0.244 e. The molecule has 0 unspecified atom stereocenters. The number of halogens is 1. The maximum absolute atomic E-state index is 12.3. The van der Waals surface area contributed by atoms with Gasteiger partial charge in [-0.2, -0.15) is 0 Å². The summed E-state index contributed by atoms with van der Waals surface area (Å²) < 4.78 is 6.98. The number of carbonyl (C=O) groups is 1. The Hall–Kier alpha value is -2.53. The highest BCUT2D eigenvalue weighted by molar-refractivity contribution is 6.32. The quantitative estimate of drug-likeness (QED) is 0.795. The Morgan fingerprint density at radius 2 is 2.09 bits per heavy atom. The predicted molar refractivity (Wildman–Crippen MR) is 91.1 cm³/mol. The van der Waals surface area contributed by atoms with E-state index in [0.29, 0.717) is 16.5 Å². The van der Waals surface area contributed by atoms with Crippen LogP contribution in [0.2, 0.25) is 5.02 Å². The zero-order valence-corrected chi connectivity index (χ0v) is 13.6. The molecule has 0 saturated carbocycles. The Balaban J connectivity index is 1.79. The molecule has 2 aromatic carbocycles. The van der Waals surface area contributed by atoms with Gasteiger partial charge in [-0.05, 0) is 37.3 Å². The monoisotopic (exact) mass is 329 g/mol. The third-order valence-electron chi connectivity index (χ3n) is 3.58. The van der Waals surface area contributed by atoms with E-state index in [1.54, 1.807) is 25.3 Å². The van der Waals surface area contributed by atoms with Gasteiger partial charge in [0, 0.05) is 5.69 Å². The molecule has 0 spiro atoms. The minimum absolute atomic E-state index is 0.141. The fourth-order valence-corrected chi connectivity index (χ4v) is 2.74. The van der Waals surface area contributed by atoms with E-state index in [9.17, 15) is 4.79 Å². The molecule has 1 heterocycles. The molecule has 0 atom stereocenters. The zero-order valence-electron chi connectivity index (χ0n) is 12.8. The number of ether oxygens (including phenoxy) is 1. The van der Waals surface area contributed by atoms with E-state index in [1.165, 1.54) is 0 Å². The number of carbonyl (C=O) groups excluding carboxylic acids is 1. The fraction of sp³-hybridized carbons (Fsp3) is 0.176. The lowest BCUT2D eigenvalue weighted by atomic mass is 10.3. The Morgan fingerprint density at radius 1 is 1.30 bits per heavy atom. The van der Waals surface area contributed by atoms with Crippen molar-refractivity contribution in [2.45, 2.75) is 13.5 Å². The topological polar surface area (TPSA) is 56.1 Å². The third-order valence-corrected chi connectivity index (χ3v) is 3.88. The molecule has 0 saturated heterocycles. The number of fused-ring (bicyclic) bond motifs is 1. The molecule has 0 radical (unpaired) electrons. The van der Waals surface area contributed by atoms with Crippen LogP contribution in [0.15, 0.2) is 42.5 Å². The van der Waals surface area contributed by atoms with Crippen LogP contribution in [0.25, 0.3) is 11.0 Å². The molecule has 0 fully saturated rings. The van der Waals surface area contributed by atoms with Crippen LogP contribution in [-0.2, 0) is 11.3 Å². The van der Waals surface area contributed by atoms with Crippen LogP contribution in [0.5, 0.6) is 5.75 Å². The fourth-order valence-electron chi connectivity index (χ4n) is 2.48. The Bertz CT molecular complexity index is 873. The smallest absolute Gasteiger partial charge is 0.244 e. The highest BCUT2D eigenvalue weighted by Crippen LogP contribution is 2.27. The van der Waals surface area contributed by atoms with E-state index in [2.05, 4.69) is 10.3 Å². The van der Waals surface area contributed by atoms with Gasteiger partial charge >= 0.3 is 0 Å². The average molecular weight is 330 g/mol. The summed E-state index contributed by atoms with van der Waals surface area (Å²) in [6.45, 7) is 2.08. The first-order valence-corrected chi connectivity index (χ1v) is 7.51. The molecular formula is C17H16ClN3O2. The van der Waals surface area contributed by atoms with Crippen molar-refractivity contribution < 1.29 is 9.53 Å². The summed E-state index contributed by atoms with van der Waals surface area (Å²) in [5, 5.41) is 3.29. The Labute approximate surface area is 138 Å². The molecule has 0 aliphatic carbocycles. The molecule has 1 aromatic heterocycles. The molecule has 0 bridgehead atoms. The summed E-state index contributed by atoms with van der Waals surface area (Å²) in [7, 11) is 1.55. The van der Waals surface area contributed by atoms with Gasteiger partial charge in [0.05, 0.1) is 23.2 Å². The van der Waals surface area contributed by atoms with Gasteiger partial charge in [-0.15, -0.1) is 0 Å². The molecule has 5 nitrogen and oxygen atoms in total. The van der Waals surface area contributed by atoms with Crippen LogP contribution < -0.4 is 10.1 Å². The van der Waals surface area contributed by atoms with E-state index in [-0.39, 0.29) is 12.5 Å². The van der Waals surface area contributed by atoms with E-state index in [1.807, 2.05) is 35.8 Å². The number of nitrogens with one attached hydrogen (secondary N) is 1. The second kappa shape index (κ2) is 6.30. The van der Waals surface area contributed by atoms with Gasteiger partial charge in [0.2, 0.25) is 5.91 Å². The first-order valence-electron chi connectivity index (χ1n) is 7.14. The largest absolute Gasteiger partial charge is 0.495 e. The number of amides is 1. The number of aromatic nitrogens is 2. The third kappa shape index (κ3) is 3.14. The van der Waals surface area contributed by atoms with E-state index in [0.717, 1.165) is 16.9 Å². The lowest BCUT2D eigenvalue weighted by Crippen LogP contribution is -2.19. The number of para-hydroxylation sites is 2. The first kappa shape index (κ1) is 15.4. The second-order valence-corrected chi connectivity index (χ2v) is 5.54. The zero-order chi connectivity index (χ0) is 16.4. The summed E-state index contributed by atoms with van der Waals surface area (Å²) in [4.78, 5) is 16.8. The Morgan fingerprint density at radius 3 is 2.83 bits per heavy atom. The lowest BCUT2D eigenvalue weighted by Gasteiger charge is -2.10. The number of hydrogen-bond acceptors (Lipinski definition) is 3. The van der Waals surface area contributed by atoms with Crippen LogP contribution in [0.4, 0.5) is 5.69 Å². The minimum atomic E-state index is -0.141. The summed E-state index contributed by atoms with van der Waals surface area (Å²) in [5.74, 6) is 1.23. The second-order valence-electron chi connectivity index (χ2n) is 5.13. The van der Waals surface area contributed by atoms with Crippen molar-refractivity contribution in [3.8, 4) is 5.75 Å². The molecule has 1 N–H and O–H groups in total. The van der Waals surface area contributed by atoms with Crippen LogP contribution in [0.3, 0.4) is 0 Å². The van der Waals surface area contributed by atoms with Gasteiger partial charge in [0.15, 0.2) is 0 Å². The van der Waals surface area contributed by atoms with Crippen molar-refractivity contribution in [2.75, 3.05) is 12.4 Å². The van der Waals surface area contributed by atoms with Crippen LogP contribution in [0, 0.1) is 6.92 Å². The molecule has 0 aliphatic heterocycles. The molecule has 1 amide bonds. The molecule has 0 aliphatic rings. The van der Waals surface area contributed by atoms with Gasteiger partial charge < -0.3 is 14.6 Å². The number of nitrogens with zero attached hydrogens (tertiary/aromatic N) is 2. The first-order chi connectivity index (χ1) is 11.1. The molecule has 6 heteroatoms. The SMILES string of the molecule is COc1ccc(NC(=O)Cn2c(C)nc3ccccc32)cc1Cl. The predicted octanol–water partition coefficient (Wildman–Crippen LogP) is 3.65. The summed E-state index contributed by atoms with van der Waals surface area (Å²) in [6.07, 6.45) is 0. The highest BCUT2D eigenvalue weighted by Gasteiger charge is 2.11. The number of benzene rings is 2. The number of aryl methyl sites for hydroxylation is 1. The standard InChI is InChI=1S/C17H16ClN3O2/c1-11-19-14-5-3-4-6-15(14)21(11)10-17(22)20-12-7-8-16(23-2)13(18)9-12/h3-9H,10H2,1-2H3,(H,20,22). The number of hydrogen-bond donors (Lipinski definition) is 1. The average Bonchev–Trinajstić information content (AvgIpc) is 2.83. The maximum atomic E-state index is 12.3. The van der Waals surface area contributed by atoms with Crippen LogP contribution >= 0.6 is 11.6 Å².